The average molecular weight is 285 g/mol. The number of nitrogens with one attached hydrogen (secondary N) is 1. The van der Waals surface area contributed by atoms with Crippen LogP contribution >= 0.6 is 0 Å². The Morgan fingerprint density at radius 2 is 2.19 bits per heavy atom. The lowest BCUT2D eigenvalue weighted by Crippen LogP contribution is -2.35. The highest BCUT2D eigenvalue weighted by atomic mass is 16.5. The van der Waals surface area contributed by atoms with E-state index in [4.69, 9.17) is 0 Å². The van der Waals surface area contributed by atoms with Crippen LogP contribution in [-0.4, -0.2) is 28.8 Å². The van der Waals surface area contributed by atoms with Crippen molar-refractivity contribution in [2.75, 3.05) is 12.4 Å². The van der Waals surface area contributed by atoms with Crippen molar-refractivity contribution in [2.24, 2.45) is 5.92 Å². The topological polar surface area (TPSA) is 73.2 Å². The fourth-order valence-corrected chi connectivity index (χ4v) is 2.44. The van der Waals surface area contributed by atoms with Gasteiger partial charge >= 0.3 is 5.97 Å². The number of benzene rings is 1. The average Bonchev–Trinajstić information content (AvgIpc) is 2.91. The van der Waals surface area contributed by atoms with E-state index in [1.165, 1.54) is 7.11 Å². The van der Waals surface area contributed by atoms with Crippen molar-refractivity contribution in [1.29, 1.82) is 0 Å². The minimum absolute atomic E-state index is 0.0578. The van der Waals surface area contributed by atoms with Crippen LogP contribution in [0.4, 0.5) is 5.82 Å². The standard InChI is InChI=1S/C15H15N3O3/c1-21-13(19)7-11-9-18-14(17-15(11)20)12(8-16-18)10-5-3-2-4-6-10/h2-6,8,11H,7,9H2,1H3,(H,17,20)/t11-/m0/s1. The van der Waals surface area contributed by atoms with Crippen LogP contribution in [0.25, 0.3) is 11.1 Å². The smallest absolute Gasteiger partial charge is 0.306 e. The van der Waals surface area contributed by atoms with Gasteiger partial charge in [0.05, 0.1) is 32.2 Å². The number of esters is 1. The van der Waals surface area contributed by atoms with Crippen LogP contribution in [0.1, 0.15) is 6.42 Å². The largest absolute Gasteiger partial charge is 0.469 e. The van der Waals surface area contributed by atoms with Crippen LogP contribution in [0.15, 0.2) is 36.5 Å². The normalized spacial score (nSPS) is 17.0. The van der Waals surface area contributed by atoms with Gasteiger partial charge in [-0.15, -0.1) is 0 Å². The molecule has 6 heteroatoms. The number of hydrogen-bond donors (Lipinski definition) is 1. The van der Waals surface area contributed by atoms with E-state index in [-0.39, 0.29) is 12.3 Å². The molecule has 0 radical (unpaired) electrons. The highest BCUT2D eigenvalue weighted by molar-refractivity contribution is 5.98. The zero-order valence-corrected chi connectivity index (χ0v) is 11.6. The number of carbonyl (C=O) groups is 2. The van der Waals surface area contributed by atoms with E-state index in [1.54, 1.807) is 10.9 Å². The van der Waals surface area contributed by atoms with Gasteiger partial charge in [-0.2, -0.15) is 5.10 Å². The highest BCUT2D eigenvalue weighted by Gasteiger charge is 2.30. The molecule has 21 heavy (non-hydrogen) atoms. The van der Waals surface area contributed by atoms with Crippen molar-refractivity contribution in [3.63, 3.8) is 0 Å². The summed E-state index contributed by atoms with van der Waals surface area (Å²) in [5.74, 6) is -0.347. The first-order valence-electron chi connectivity index (χ1n) is 6.68. The number of methoxy groups -OCH3 is 1. The summed E-state index contributed by atoms with van der Waals surface area (Å²) in [7, 11) is 1.32. The molecule has 1 N–H and O–H groups in total. The number of nitrogens with zero attached hydrogens (tertiary/aromatic N) is 2. The fraction of sp³-hybridized carbons (Fsp3) is 0.267. The summed E-state index contributed by atoms with van der Waals surface area (Å²) < 4.78 is 6.33. The van der Waals surface area contributed by atoms with Crippen LogP contribution in [-0.2, 0) is 20.9 Å². The molecule has 1 atom stereocenters. The maximum absolute atomic E-state index is 12.1. The van der Waals surface area contributed by atoms with Crippen molar-refractivity contribution in [3.05, 3.63) is 36.5 Å². The molecule has 2 heterocycles. The Balaban J connectivity index is 1.88. The molecular weight excluding hydrogens is 270 g/mol. The molecule has 0 saturated carbocycles. The van der Waals surface area contributed by atoms with Crippen LogP contribution < -0.4 is 5.32 Å². The maximum atomic E-state index is 12.1. The first-order chi connectivity index (χ1) is 10.2. The number of rotatable bonds is 3. The van der Waals surface area contributed by atoms with Gasteiger partial charge in [0.1, 0.15) is 5.82 Å². The van der Waals surface area contributed by atoms with Gasteiger partial charge in [0.25, 0.3) is 0 Å². The van der Waals surface area contributed by atoms with E-state index in [0.717, 1.165) is 11.1 Å². The number of ether oxygens (including phenoxy) is 1. The molecule has 1 amide bonds. The molecule has 0 bridgehead atoms. The third-order valence-electron chi connectivity index (χ3n) is 3.57. The van der Waals surface area contributed by atoms with Crippen molar-refractivity contribution >= 4 is 17.7 Å². The van der Waals surface area contributed by atoms with Crippen LogP contribution in [0, 0.1) is 5.92 Å². The van der Waals surface area contributed by atoms with Crippen LogP contribution in [0.5, 0.6) is 0 Å². The molecule has 108 valence electrons. The lowest BCUT2D eigenvalue weighted by Gasteiger charge is -2.23. The number of amides is 1. The molecule has 1 aromatic carbocycles. The van der Waals surface area contributed by atoms with Crippen molar-refractivity contribution < 1.29 is 14.3 Å². The number of hydrogen-bond acceptors (Lipinski definition) is 4. The lowest BCUT2D eigenvalue weighted by molar-refractivity contribution is -0.143. The first kappa shape index (κ1) is 13.4. The summed E-state index contributed by atoms with van der Waals surface area (Å²) in [5, 5.41) is 7.14. The molecule has 0 saturated heterocycles. The van der Waals surface area contributed by atoms with Crippen molar-refractivity contribution in [2.45, 2.75) is 13.0 Å². The minimum Gasteiger partial charge on any atom is -0.469 e. The van der Waals surface area contributed by atoms with Crippen molar-refractivity contribution in [1.82, 2.24) is 9.78 Å². The van der Waals surface area contributed by atoms with Gasteiger partial charge in [-0.1, -0.05) is 30.3 Å². The number of aromatic nitrogens is 2. The van der Waals surface area contributed by atoms with Gasteiger partial charge in [-0.3, -0.25) is 9.59 Å². The Morgan fingerprint density at radius 1 is 1.43 bits per heavy atom. The quantitative estimate of drug-likeness (QED) is 0.871. The molecule has 1 aromatic heterocycles. The second-order valence-corrected chi connectivity index (χ2v) is 4.92. The highest BCUT2D eigenvalue weighted by Crippen LogP contribution is 2.31. The lowest BCUT2D eigenvalue weighted by atomic mass is 10.0. The molecule has 6 nitrogen and oxygen atoms in total. The molecule has 0 fully saturated rings. The van der Waals surface area contributed by atoms with Crippen LogP contribution in [0.3, 0.4) is 0 Å². The van der Waals surface area contributed by atoms with Crippen molar-refractivity contribution in [3.8, 4) is 11.1 Å². The second kappa shape index (κ2) is 5.40. The second-order valence-electron chi connectivity index (χ2n) is 4.92. The number of carbonyl (C=O) groups excluding carboxylic acids is 2. The zero-order valence-electron chi connectivity index (χ0n) is 11.6. The molecule has 2 aromatic rings. The van der Waals surface area contributed by atoms with Gasteiger partial charge in [0.2, 0.25) is 5.91 Å². The summed E-state index contributed by atoms with van der Waals surface area (Å²) in [4.78, 5) is 23.5. The molecule has 0 spiro atoms. The Bertz CT molecular complexity index is 679. The predicted molar refractivity (Wildman–Crippen MR) is 76.4 cm³/mol. The Hall–Kier alpha value is -2.63. The van der Waals surface area contributed by atoms with E-state index in [9.17, 15) is 9.59 Å². The third-order valence-corrected chi connectivity index (χ3v) is 3.57. The van der Waals surface area contributed by atoms with Gasteiger partial charge in [-0.25, -0.2) is 4.68 Å². The monoisotopic (exact) mass is 285 g/mol. The number of anilines is 1. The molecule has 0 aliphatic carbocycles. The summed E-state index contributed by atoms with van der Waals surface area (Å²) in [5.41, 5.74) is 1.87. The van der Waals surface area contributed by atoms with E-state index in [1.807, 2.05) is 30.3 Å². The Labute approximate surface area is 121 Å². The summed E-state index contributed by atoms with van der Waals surface area (Å²) in [6.07, 6.45) is 1.79. The van der Waals surface area contributed by atoms with E-state index in [0.29, 0.717) is 12.4 Å². The maximum Gasteiger partial charge on any atom is 0.306 e. The fourth-order valence-electron chi connectivity index (χ4n) is 2.44. The van der Waals surface area contributed by atoms with Crippen LogP contribution in [0.2, 0.25) is 0 Å². The van der Waals surface area contributed by atoms with Gasteiger partial charge in [-0.05, 0) is 5.56 Å². The number of fused-ring (bicyclic) bond motifs is 1. The van der Waals surface area contributed by atoms with E-state index >= 15 is 0 Å². The molecule has 3 rings (SSSR count). The SMILES string of the molecule is COC(=O)C[C@H]1Cn2ncc(-c3ccccc3)c2NC1=O. The minimum atomic E-state index is -0.450. The van der Waals surface area contributed by atoms with E-state index in [2.05, 4.69) is 15.2 Å². The van der Waals surface area contributed by atoms with Gasteiger partial charge in [0.15, 0.2) is 0 Å². The molecular formula is C15H15N3O3. The molecule has 1 aliphatic rings. The first-order valence-corrected chi connectivity index (χ1v) is 6.68. The predicted octanol–water partition coefficient (Wildman–Crippen LogP) is 1.68. The Kier molecular flexibility index (Phi) is 3.43. The van der Waals surface area contributed by atoms with Gasteiger partial charge < -0.3 is 10.1 Å². The zero-order chi connectivity index (χ0) is 14.8. The van der Waals surface area contributed by atoms with Gasteiger partial charge in [0, 0.05) is 5.56 Å². The summed E-state index contributed by atoms with van der Waals surface area (Å²) in [6.45, 7) is 0.378. The summed E-state index contributed by atoms with van der Waals surface area (Å²) in [6, 6.07) is 9.73. The summed E-state index contributed by atoms with van der Waals surface area (Å²) >= 11 is 0. The van der Waals surface area contributed by atoms with E-state index < -0.39 is 11.9 Å². The Morgan fingerprint density at radius 3 is 2.90 bits per heavy atom. The molecule has 1 aliphatic heterocycles. The third kappa shape index (κ3) is 2.52. The molecule has 0 unspecified atom stereocenters.